The Morgan fingerprint density at radius 3 is 2.35 bits per heavy atom. The molecule has 0 spiro atoms. The van der Waals surface area contributed by atoms with Gasteiger partial charge in [0.2, 0.25) is 5.91 Å². The standard InChI is InChI=1S/C16H31N3O/c1-11-9-10-12(2)19(11)13(3)16(20)18-15-8-6-4-5-7-14(15)17/h11-15H,4-10,17H2,1-3H3,(H,18,20). The summed E-state index contributed by atoms with van der Waals surface area (Å²) < 4.78 is 0. The van der Waals surface area contributed by atoms with Crippen molar-refractivity contribution in [3.05, 3.63) is 0 Å². The Morgan fingerprint density at radius 2 is 1.70 bits per heavy atom. The Hall–Kier alpha value is -0.610. The van der Waals surface area contributed by atoms with Crippen LogP contribution in [0.5, 0.6) is 0 Å². The van der Waals surface area contributed by atoms with Crippen molar-refractivity contribution in [2.45, 2.75) is 95.9 Å². The summed E-state index contributed by atoms with van der Waals surface area (Å²) >= 11 is 0. The predicted octanol–water partition coefficient (Wildman–Crippen LogP) is 2.02. The molecule has 5 unspecified atom stereocenters. The molecular formula is C16H31N3O. The van der Waals surface area contributed by atoms with E-state index in [1.165, 1.54) is 32.1 Å². The zero-order valence-corrected chi connectivity index (χ0v) is 13.3. The summed E-state index contributed by atoms with van der Waals surface area (Å²) in [5.41, 5.74) is 6.21. The Balaban J connectivity index is 1.93. The molecule has 2 rings (SSSR count). The molecule has 1 saturated heterocycles. The second-order valence-electron chi connectivity index (χ2n) is 6.82. The number of hydrogen-bond acceptors (Lipinski definition) is 3. The molecule has 116 valence electrons. The molecule has 4 heteroatoms. The van der Waals surface area contributed by atoms with Crippen LogP contribution in [0.4, 0.5) is 0 Å². The SMILES string of the molecule is CC1CCC(C)N1C(C)C(=O)NC1CCCCCC1N. The van der Waals surface area contributed by atoms with Crippen molar-refractivity contribution < 1.29 is 4.79 Å². The third kappa shape index (κ3) is 3.53. The maximum atomic E-state index is 12.5. The van der Waals surface area contributed by atoms with E-state index >= 15 is 0 Å². The Morgan fingerprint density at radius 1 is 1.10 bits per heavy atom. The van der Waals surface area contributed by atoms with Crippen molar-refractivity contribution in [3.63, 3.8) is 0 Å². The van der Waals surface area contributed by atoms with Crippen LogP contribution in [0.2, 0.25) is 0 Å². The lowest BCUT2D eigenvalue weighted by molar-refractivity contribution is -0.127. The average molecular weight is 281 g/mol. The van der Waals surface area contributed by atoms with Gasteiger partial charge >= 0.3 is 0 Å². The van der Waals surface area contributed by atoms with Gasteiger partial charge in [-0.15, -0.1) is 0 Å². The summed E-state index contributed by atoms with van der Waals surface area (Å²) in [5.74, 6) is 0.160. The average Bonchev–Trinajstić information content (AvgIpc) is 2.61. The number of nitrogens with one attached hydrogen (secondary N) is 1. The van der Waals surface area contributed by atoms with E-state index in [4.69, 9.17) is 5.73 Å². The van der Waals surface area contributed by atoms with Crippen LogP contribution < -0.4 is 11.1 Å². The highest BCUT2D eigenvalue weighted by Gasteiger charge is 2.35. The van der Waals surface area contributed by atoms with Crippen LogP contribution in [-0.4, -0.2) is 41.0 Å². The Labute approximate surface area is 123 Å². The minimum absolute atomic E-state index is 0.0436. The third-order valence-corrected chi connectivity index (χ3v) is 5.24. The predicted molar refractivity (Wildman–Crippen MR) is 82.5 cm³/mol. The topological polar surface area (TPSA) is 58.4 Å². The molecule has 5 atom stereocenters. The van der Waals surface area contributed by atoms with Crippen molar-refractivity contribution in [3.8, 4) is 0 Å². The van der Waals surface area contributed by atoms with Gasteiger partial charge in [0.15, 0.2) is 0 Å². The van der Waals surface area contributed by atoms with Crippen molar-refractivity contribution in [2.75, 3.05) is 0 Å². The molecule has 0 aromatic carbocycles. The van der Waals surface area contributed by atoms with Crippen molar-refractivity contribution in [2.24, 2.45) is 5.73 Å². The maximum absolute atomic E-state index is 12.5. The summed E-state index contributed by atoms with van der Waals surface area (Å²) in [7, 11) is 0. The van der Waals surface area contributed by atoms with Crippen LogP contribution >= 0.6 is 0 Å². The van der Waals surface area contributed by atoms with E-state index in [0.29, 0.717) is 12.1 Å². The van der Waals surface area contributed by atoms with E-state index in [-0.39, 0.29) is 24.0 Å². The lowest BCUT2D eigenvalue weighted by atomic mass is 10.0. The van der Waals surface area contributed by atoms with E-state index in [2.05, 4.69) is 24.1 Å². The molecule has 1 heterocycles. The van der Waals surface area contributed by atoms with E-state index in [9.17, 15) is 4.79 Å². The molecule has 1 aliphatic carbocycles. The monoisotopic (exact) mass is 281 g/mol. The van der Waals surface area contributed by atoms with Crippen LogP contribution in [0.1, 0.15) is 65.7 Å². The van der Waals surface area contributed by atoms with Gasteiger partial charge in [-0.3, -0.25) is 9.69 Å². The first kappa shape index (κ1) is 15.8. The number of amides is 1. The van der Waals surface area contributed by atoms with Crippen molar-refractivity contribution in [1.82, 2.24) is 10.2 Å². The van der Waals surface area contributed by atoms with Gasteiger partial charge in [-0.05, 0) is 46.5 Å². The fraction of sp³-hybridized carbons (Fsp3) is 0.938. The molecule has 1 saturated carbocycles. The molecule has 2 aliphatic rings. The fourth-order valence-electron chi connectivity index (χ4n) is 3.93. The molecule has 0 bridgehead atoms. The maximum Gasteiger partial charge on any atom is 0.237 e. The van der Waals surface area contributed by atoms with Gasteiger partial charge in [0.1, 0.15) is 0 Å². The highest BCUT2D eigenvalue weighted by Crippen LogP contribution is 2.26. The summed E-state index contributed by atoms with van der Waals surface area (Å²) in [6, 6.07) is 1.27. The minimum atomic E-state index is -0.0436. The number of carbonyl (C=O) groups is 1. The van der Waals surface area contributed by atoms with Gasteiger partial charge in [0, 0.05) is 24.2 Å². The summed E-state index contributed by atoms with van der Waals surface area (Å²) in [6.45, 7) is 6.49. The molecular weight excluding hydrogens is 250 g/mol. The van der Waals surface area contributed by atoms with Crippen LogP contribution in [0.3, 0.4) is 0 Å². The highest BCUT2D eigenvalue weighted by atomic mass is 16.2. The van der Waals surface area contributed by atoms with E-state index < -0.39 is 0 Å². The molecule has 0 radical (unpaired) electrons. The Bertz CT molecular complexity index is 324. The fourth-order valence-corrected chi connectivity index (χ4v) is 3.93. The number of carbonyl (C=O) groups excluding carboxylic acids is 1. The number of rotatable bonds is 3. The summed E-state index contributed by atoms with van der Waals surface area (Å²) in [5, 5.41) is 3.22. The molecule has 1 aliphatic heterocycles. The van der Waals surface area contributed by atoms with Gasteiger partial charge in [0.25, 0.3) is 0 Å². The summed E-state index contributed by atoms with van der Waals surface area (Å²) in [6.07, 6.45) is 8.09. The van der Waals surface area contributed by atoms with Gasteiger partial charge in [-0.25, -0.2) is 0 Å². The van der Waals surface area contributed by atoms with Crippen molar-refractivity contribution in [1.29, 1.82) is 0 Å². The molecule has 0 aromatic heterocycles. The van der Waals surface area contributed by atoms with Crippen molar-refractivity contribution >= 4 is 5.91 Å². The van der Waals surface area contributed by atoms with Gasteiger partial charge in [-0.2, -0.15) is 0 Å². The summed E-state index contributed by atoms with van der Waals surface area (Å²) in [4.78, 5) is 14.9. The van der Waals surface area contributed by atoms with Gasteiger partial charge < -0.3 is 11.1 Å². The molecule has 0 aromatic rings. The lowest BCUT2D eigenvalue weighted by Crippen LogP contribution is -2.54. The number of nitrogens with zero attached hydrogens (tertiary/aromatic N) is 1. The first-order valence-electron chi connectivity index (χ1n) is 8.34. The first-order valence-corrected chi connectivity index (χ1v) is 8.34. The third-order valence-electron chi connectivity index (χ3n) is 5.24. The normalized spacial score (nSPS) is 37.4. The van der Waals surface area contributed by atoms with Crippen LogP contribution in [0, 0.1) is 0 Å². The van der Waals surface area contributed by atoms with Crippen LogP contribution in [0.25, 0.3) is 0 Å². The largest absolute Gasteiger partial charge is 0.350 e. The zero-order valence-electron chi connectivity index (χ0n) is 13.3. The minimum Gasteiger partial charge on any atom is -0.350 e. The molecule has 3 N–H and O–H groups in total. The quantitative estimate of drug-likeness (QED) is 0.778. The van der Waals surface area contributed by atoms with Gasteiger partial charge in [-0.1, -0.05) is 19.3 Å². The lowest BCUT2D eigenvalue weighted by Gasteiger charge is -2.33. The van der Waals surface area contributed by atoms with E-state index in [1.54, 1.807) is 0 Å². The smallest absolute Gasteiger partial charge is 0.237 e. The molecule has 2 fully saturated rings. The molecule has 4 nitrogen and oxygen atoms in total. The van der Waals surface area contributed by atoms with E-state index in [1.807, 2.05) is 6.92 Å². The number of hydrogen-bond donors (Lipinski definition) is 2. The molecule has 20 heavy (non-hydrogen) atoms. The van der Waals surface area contributed by atoms with E-state index in [0.717, 1.165) is 12.8 Å². The van der Waals surface area contributed by atoms with Gasteiger partial charge in [0.05, 0.1) is 6.04 Å². The second-order valence-corrected chi connectivity index (χ2v) is 6.82. The second kappa shape index (κ2) is 6.90. The van der Waals surface area contributed by atoms with Crippen LogP contribution in [-0.2, 0) is 4.79 Å². The van der Waals surface area contributed by atoms with Crippen LogP contribution in [0.15, 0.2) is 0 Å². The zero-order chi connectivity index (χ0) is 14.7. The molecule has 1 amide bonds. The number of likely N-dealkylation sites (tertiary alicyclic amines) is 1. The Kier molecular flexibility index (Phi) is 5.44. The first-order chi connectivity index (χ1) is 9.50. The number of nitrogens with two attached hydrogens (primary N) is 1. The highest BCUT2D eigenvalue weighted by molar-refractivity contribution is 5.81.